The number of para-hydroxylation sites is 1. The lowest BCUT2D eigenvalue weighted by Gasteiger charge is -2.22. The summed E-state index contributed by atoms with van der Waals surface area (Å²) in [6.07, 6.45) is -0.0507. The van der Waals surface area contributed by atoms with Gasteiger partial charge in [-0.05, 0) is 0 Å². The maximum Gasteiger partial charge on any atom is 0.307 e. The van der Waals surface area contributed by atoms with Gasteiger partial charge in [-0.2, -0.15) is 0 Å². The van der Waals surface area contributed by atoms with Gasteiger partial charge in [0.25, 0.3) is 5.69 Å². The summed E-state index contributed by atoms with van der Waals surface area (Å²) in [6, 6.07) is 6.09. The standard InChI is InChI=1S/C15H20N2O6/c1-22-10-9-16(8-7-15(19)23-2)14(18)11-12-5-3-4-6-13(12)17(20)21/h3-6H,7-11H2,1-2H3. The first-order chi connectivity index (χ1) is 11.0. The summed E-state index contributed by atoms with van der Waals surface area (Å²) < 4.78 is 9.51. The van der Waals surface area contributed by atoms with Gasteiger partial charge in [0.15, 0.2) is 0 Å². The van der Waals surface area contributed by atoms with E-state index in [2.05, 4.69) is 4.74 Å². The van der Waals surface area contributed by atoms with E-state index in [1.54, 1.807) is 18.2 Å². The summed E-state index contributed by atoms with van der Waals surface area (Å²) in [6.45, 7) is 0.784. The molecule has 0 radical (unpaired) electrons. The van der Waals surface area contributed by atoms with Crippen molar-refractivity contribution in [2.75, 3.05) is 33.9 Å². The average molecular weight is 324 g/mol. The summed E-state index contributed by atoms with van der Waals surface area (Å²) in [5, 5.41) is 11.0. The van der Waals surface area contributed by atoms with E-state index < -0.39 is 10.9 Å². The van der Waals surface area contributed by atoms with Crippen LogP contribution in [0.4, 0.5) is 5.69 Å². The second-order valence-electron chi connectivity index (χ2n) is 4.76. The molecule has 0 atom stereocenters. The molecule has 126 valence electrons. The second-order valence-corrected chi connectivity index (χ2v) is 4.76. The fourth-order valence-corrected chi connectivity index (χ4v) is 2.00. The van der Waals surface area contributed by atoms with Crippen molar-refractivity contribution in [1.29, 1.82) is 0 Å². The van der Waals surface area contributed by atoms with Crippen molar-refractivity contribution in [3.8, 4) is 0 Å². The Morgan fingerprint density at radius 3 is 2.52 bits per heavy atom. The first-order valence-corrected chi connectivity index (χ1v) is 7.05. The molecule has 23 heavy (non-hydrogen) atoms. The smallest absolute Gasteiger partial charge is 0.307 e. The van der Waals surface area contributed by atoms with Gasteiger partial charge in [-0.25, -0.2) is 0 Å². The summed E-state index contributed by atoms with van der Waals surface area (Å²) in [5.74, 6) is -0.730. The number of hydrogen-bond donors (Lipinski definition) is 0. The topological polar surface area (TPSA) is 99.0 Å². The minimum Gasteiger partial charge on any atom is -0.469 e. The van der Waals surface area contributed by atoms with Gasteiger partial charge in [0.1, 0.15) is 0 Å². The van der Waals surface area contributed by atoms with Crippen LogP contribution >= 0.6 is 0 Å². The molecule has 1 aromatic rings. The molecule has 0 aliphatic rings. The Morgan fingerprint density at radius 2 is 1.91 bits per heavy atom. The Morgan fingerprint density at radius 1 is 1.22 bits per heavy atom. The zero-order chi connectivity index (χ0) is 17.2. The molecule has 8 nitrogen and oxygen atoms in total. The minimum absolute atomic E-state index is 0.0584. The molecule has 0 saturated carbocycles. The Labute approximate surface area is 134 Å². The molecule has 0 aromatic heterocycles. The van der Waals surface area contributed by atoms with Crippen LogP contribution in [0.1, 0.15) is 12.0 Å². The van der Waals surface area contributed by atoms with E-state index in [1.165, 1.54) is 25.2 Å². The van der Waals surface area contributed by atoms with Gasteiger partial charge in [-0.1, -0.05) is 18.2 Å². The number of ether oxygens (including phenoxy) is 2. The number of hydrogen-bond acceptors (Lipinski definition) is 6. The van der Waals surface area contributed by atoms with E-state index in [0.717, 1.165) is 0 Å². The largest absolute Gasteiger partial charge is 0.469 e. The van der Waals surface area contributed by atoms with E-state index >= 15 is 0 Å². The normalized spacial score (nSPS) is 10.2. The molecule has 0 saturated heterocycles. The van der Waals surface area contributed by atoms with Crippen LogP contribution in [0.15, 0.2) is 24.3 Å². The number of methoxy groups -OCH3 is 2. The molecule has 8 heteroatoms. The number of benzene rings is 1. The molecular formula is C15H20N2O6. The monoisotopic (exact) mass is 324 g/mol. The molecule has 1 rings (SSSR count). The lowest BCUT2D eigenvalue weighted by atomic mass is 10.1. The number of nitrogens with zero attached hydrogens (tertiary/aromatic N) is 2. The van der Waals surface area contributed by atoms with Gasteiger partial charge in [0.05, 0.1) is 31.5 Å². The van der Waals surface area contributed by atoms with Crippen molar-refractivity contribution in [2.24, 2.45) is 0 Å². The number of nitro benzene ring substituents is 1. The van der Waals surface area contributed by atoms with E-state index in [9.17, 15) is 19.7 Å². The van der Waals surface area contributed by atoms with Gasteiger partial charge in [0.2, 0.25) is 5.91 Å². The molecule has 0 aliphatic carbocycles. The quantitative estimate of drug-likeness (QED) is 0.384. The van der Waals surface area contributed by atoms with Gasteiger partial charge >= 0.3 is 5.97 Å². The van der Waals surface area contributed by atoms with Crippen LogP contribution in [-0.2, 0) is 25.5 Å². The molecule has 0 N–H and O–H groups in total. The van der Waals surface area contributed by atoms with E-state index in [0.29, 0.717) is 18.7 Å². The van der Waals surface area contributed by atoms with Crippen LogP contribution in [0, 0.1) is 10.1 Å². The molecule has 0 heterocycles. The van der Waals surface area contributed by atoms with E-state index in [4.69, 9.17) is 4.74 Å². The van der Waals surface area contributed by atoms with Gasteiger partial charge in [0, 0.05) is 31.8 Å². The zero-order valence-electron chi connectivity index (χ0n) is 13.2. The maximum atomic E-state index is 12.4. The van der Waals surface area contributed by atoms with Crippen molar-refractivity contribution in [2.45, 2.75) is 12.8 Å². The highest BCUT2D eigenvalue weighted by atomic mass is 16.6. The van der Waals surface area contributed by atoms with Crippen LogP contribution in [0.3, 0.4) is 0 Å². The lowest BCUT2D eigenvalue weighted by Crippen LogP contribution is -2.36. The Hall–Kier alpha value is -2.48. The third kappa shape index (κ3) is 6.03. The number of carbonyl (C=O) groups excluding carboxylic acids is 2. The number of esters is 1. The lowest BCUT2D eigenvalue weighted by molar-refractivity contribution is -0.385. The third-order valence-corrected chi connectivity index (χ3v) is 3.26. The maximum absolute atomic E-state index is 12.4. The number of nitro groups is 1. The van der Waals surface area contributed by atoms with Crippen molar-refractivity contribution >= 4 is 17.6 Å². The van der Waals surface area contributed by atoms with Crippen molar-refractivity contribution in [1.82, 2.24) is 4.90 Å². The minimum atomic E-state index is -0.517. The second kappa shape index (κ2) is 9.52. The first kappa shape index (κ1) is 18.6. The van der Waals surface area contributed by atoms with Crippen molar-refractivity contribution < 1.29 is 24.0 Å². The van der Waals surface area contributed by atoms with Crippen LogP contribution in [0.5, 0.6) is 0 Å². The highest BCUT2D eigenvalue weighted by Crippen LogP contribution is 2.18. The van der Waals surface area contributed by atoms with Crippen molar-refractivity contribution in [3.05, 3.63) is 39.9 Å². The molecule has 0 bridgehead atoms. The molecule has 1 aromatic carbocycles. The summed E-state index contributed by atoms with van der Waals surface area (Å²) in [4.78, 5) is 35.5. The zero-order valence-corrected chi connectivity index (χ0v) is 13.2. The molecule has 0 unspecified atom stereocenters. The first-order valence-electron chi connectivity index (χ1n) is 7.05. The van der Waals surface area contributed by atoms with Gasteiger partial charge in [-0.15, -0.1) is 0 Å². The predicted molar refractivity (Wildman–Crippen MR) is 81.9 cm³/mol. The van der Waals surface area contributed by atoms with Crippen LogP contribution in [0.25, 0.3) is 0 Å². The summed E-state index contributed by atoms with van der Waals surface area (Å²) in [7, 11) is 2.78. The fraction of sp³-hybridized carbons (Fsp3) is 0.467. The molecule has 1 amide bonds. The SMILES string of the molecule is COCCN(CCC(=O)OC)C(=O)Cc1ccccc1[N+](=O)[O-]. The van der Waals surface area contributed by atoms with Crippen LogP contribution < -0.4 is 0 Å². The average Bonchev–Trinajstić information content (AvgIpc) is 2.54. The highest BCUT2D eigenvalue weighted by molar-refractivity contribution is 5.80. The molecular weight excluding hydrogens is 304 g/mol. The summed E-state index contributed by atoms with van der Waals surface area (Å²) >= 11 is 0. The molecule has 0 spiro atoms. The van der Waals surface area contributed by atoms with Gasteiger partial charge < -0.3 is 14.4 Å². The summed E-state index contributed by atoms with van der Waals surface area (Å²) in [5.41, 5.74) is 0.239. The Kier molecular flexibility index (Phi) is 7.69. The highest BCUT2D eigenvalue weighted by Gasteiger charge is 2.20. The van der Waals surface area contributed by atoms with Gasteiger partial charge in [-0.3, -0.25) is 19.7 Å². The number of carbonyl (C=O) groups is 2. The van der Waals surface area contributed by atoms with E-state index in [-0.39, 0.29) is 31.0 Å². The molecule has 0 fully saturated rings. The van der Waals surface area contributed by atoms with Crippen molar-refractivity contribution in [3.63, 3.8) is 0 Å². The fourth-order valence-electron chi connectivity index (χ4n) is 2.00. The number of amides is 1. The van der Waals surface area contributed by atoms with Crippen LogP contribution in [-0.4, -0.2) is 55.6 Å². The molecule has 0 aliphatic heterocycles. The van der Waals surface area contributed by atoms with E-state index in [1.807, 2.05) is 0 Å². The Bertz CT molecular complexity index is 561. The predicted octanol–water partition coefficient (Wildman–Crippen LogP) is 1.18. The Balaban J connectivity index is 2.80. The third-order valence-electron chi connectivity index (χ3n) is 3.26. The number of rotatable bonds is 9. The van der Waals surface area contributed by atoms with Crippen LogP contribution in [0.2, 0.25) is 0 Å².